The van der Waals surface area contributed by atoms with E-state index in [1.165, 1.54) is 45.6 Å². The van der Waals surface area contributed by atoms with Gasteiger partial charge in [0.25, 0.3) is 10.0 Å². The number of nitrogens with zero attached hydrogens (tertiary/aromatic N) is 3. The van der Waals surface area contributed by atoms with Crippen molar-refractivity contribution in [1.82, 2.24) is 13.9 Å². The number of ether oxygens (including phenoxy) is 3. The normalized spacial score (nSPS) is 12.1. The number of imidazole rings is 1. The second kappa shape index (κ2) is 12.1. The van der Waals surface area contributed by atoms with Gasteiger partial charge in [0.1, 0.15) is 22.8 Å². The topological polar surface area (TPSA) is 153 Å². The van der Waals surface area contributed by atoms with Gasteiger partial charge in [-0.15, -0.1) is 0 Å². The van der Waals surface area contributed by atoms with Gasteiger partial charge in [-0.3, -0.25) is 4.98 Å². The molecule has 1 unspecified atom stereocenters. The number of aromatic carboxylic acids is 1. The predicted molar refractivity (Wildman–Crippen MR) is 146 cm³/mol. The van der Waals surface area contributed by atoms with Crippen molar-refractivity contribution in [2.45, 2.75) is 29.7 Å². The van der Waals surface area contributed by atoms with E-state index in [2.05, 4.69) is 9.97 Å². The van der Waals surface area contributed by atoms with Crippen molar-refractivity contribution >= 4 is 67.8 Å². The molecule has 4 rings (SSSR count). The predicted octanol–water partition coefficient (Wildman–Crippen LogP) is 2.67. The van der Waals surface area contributed by atoms with E-state index in [4.69, 9.17) is 14.2 Å². The molecule has 14 heteroatoms. The zero-order chi connectivity index (χ0) is 27.8. The van der Waals surface area contributed by atoms with Gasteiger partial charge >= 0.3 is 40.7 Å². The molecule has 1 N–H and O–H groups in total. The van der Waals surface area contributed by atoms with Gasteiger partial charge in [0, 0.05) is 34.6 Å². The molecular weight excluding hydrogens is 557 g/mol. The van der Waals surface area contributed by atoms with E-state index in [9.17, 15) is 22.9 Å². The Bertz CT molecular complexity index is 1660. The van der Waals surface area contributed by atoms with Gasteiger partial charge in [-0.05, 0) is 44.2 Å². The van der Waals surface area contributed by atoms with Crippen LogP contribution >= 0.6 is 0 Å². The van der Waals surface area contributed by atoms with Crippen LogP contribution in [0.2, 0.25) is 0 Å². The molecule has 0 aliphatic carbocycles. The third kappa shape index (κ3) is 5.74. The Morgan fingerprint density at radius 3 is 2.41 bits per heavy atom. The summed E-state index contributed by atoms with van der Waals surface area (Å²) in [5.41, 5.74) is 1.97. The third-order valence-corrected chi connectivity index (χ3v) is 8.98. The number of hydrogen-bond donors (Lipinski definition) is 1. The number of benzene rings is 2. The van der Waals surface area contributed by atoms with Crippen LogP contribution in [0, 0.1) is 13.8 Å². The standard InChI is InChI=1S/C25H25N3O8S2.Na.H/c1-14-12-26-20(15(2)23(14)36-5)13-37(31)25-27-19-10-16(34-3)6-8-21(19)28(25)38(32,33)17-7-9-22(35-4)18(11-17)24(29)30;;/h6-12H,13H2,1-5H3,(H,29,30);;. The van der Waals surface area contributed by atoms with Gasteiger partial charge in [-0.25, -0.2) is 13.2 Å². The number of aromatic nitrogens is 3. The average Bonchev–Trinajstić information content (AvgIpc) is 3.30. The Balaban J connectivity index is 0.00000420. The molecule has 4 aromatic rings. The maximum atomic E-state index is 13.9. The summed E-state index contributed by atoms with van der Waals surface area (Å²) in [6.07, 6.45) is 1.59. The molecule has 1 atom stereocenters. The van der Waals surface area contributed by atoms with Crippen molar-refractivity contribution in [3.63, 3.8) is 0 Å². The molecule has 11 nitrogen and oxygen atoms in total. The molecule has 2 aromatic carbocycles. The molecule has 0 aliphatic heterocycles. The maximum absolute atomic E-state index is 13.9. The van der Waals surface area contributed by atoms with Crippen LogP contribution in [0.4, 0.5) is 0 Å². The number of fused-ring (bicyclic) bond motifs is 1. The fraction of sp³-hybridized carbons (Fsp3) is 0.240. The first kappa shape index (κ1) is 30.7. The summed E-state index contributed by atoms with van der Waals surface area (Å²) in [4.78, 5) is 20.2. The zero-order valence-corrected chi connectivity index (χ0v) is 22.8. The Kier molecular flexibility index (Phi) is 9.57. The quantitative estimate of drug-likeness (QED) is 0.230. The van der Waals surface area contributed by atoms with Gasteiger partial charge in [-0.2, -0.15) is 8.96 Å². The van der Waals surface area contributed by atoms with Crippen LogP contribution in [0.5, 0.6) is 17.2 Å². The van der Waals surface area contributed by atoms with Crippen molar-refractivity contribution in [3.8, 4) is 17.2 Å². The summed E-state index contributed by atoms with van der Waals surface area (Å²) in [6.45, 7) is 3.61. The molecule has 39 heavy (non-hydrogen) atoms. The number of hydrogen-bond acceptors (Lipinski definition) is 9. The SMILES string of the molecule is COc1ccc2c(c1)nc([S+]([O-])Cc1ncc(C)c(OC)c1C)n2S(=O)(=O)c1ccc(OC)c(C(=O)O)c1.[NaH]. The fourth-order valence-corrected chi connectivity index (χ4v) is 7.12. The van der Waals surface area contributed by atoms with Crippen LogP contribution in [0.15, 0.2) is 52.6 Å². The number of carbonyl (C=O) groups is 1. The van der Waals surface area contributed by atoms with Crippen LogP contribution in [-0.4, -0.2) is 88.9 Å². The molecule has 0 saturated carbocycles. The number of rotatable bonds is 9. The van der Waals surface area contributed by atoms with E-state index in [0.717, 1.165) is 15.6 Å². The van der Waals surface area contributed by atoms with E-state index in [1.807, 2.05) is 6.92 Å². The first-order valence-electron chi connectivity index (χ1n) is 11.1. The second-order valence-corrected chi connectivity index (χ2v) is 11.4. The molecule has 0 spiro atoms. The van der Waals surface area contributed by atoms with E-state index in [-0.39, 0.29) is 67.7 Å². The summed E-state index contributed by atoms with van der Waals surface area (Å²) >= 11 is -1.98. The summed E-state index contributed by atoms with van der Waals surface area (Å²) in [5.74, 6) is -0.484. The van der Waals surface area contributed by atoms with Crippen molar-refractivity contribution in [1.29, 1.82) is 0 Å². The Morgan fingerprint density at radius 2 is 1.79 bits per heavy atom. The summed E-state index contributed by atoms with van der Waals surface area (Å²) in [5, 5.41) is 9.32. The minimum atomic E-state index is -4.46. The Morgan fingerprint density at radius 1 is 1.08 bits per heavy atom. The van der Waals surface area contributed by atoms with Crippen LogP contribution in [0.25, 0.3) is 11.0 Å². The number of pyridine rings is 1. The van der Waals surface area contributed by atoms with E-state index in [1.54, 1.807) is 19.2 Å². The van der Waals surface area contributed by atoms with Crippen LogP contribution in [0.1, 0.15) is 27.2 Å². The van der Waals surface area contributed by atoms with Gasteiger partial charge in [0.2, 0.25) is 0 Å². The monoisotopic (exact) mass is 583 g/mol. The number of carboxylic acid groups (broad SMARTS) is 1. The second-order valence-electron chi connectivity index (χ2n) is 8.22. The van der Waals surface area contributed by atoms with E-state index in [0.29, 0.717) is 22.8 Å². The van der Waals surface area contributed by atoms with Crippen LogP contribution < -0.4 is 14.2 Å². The molecule has 0 bridgehead atoms. The van der Waals surface area contributed by atoms with Gasteiger partial charge in [0.15, 0.2) is 5.75 Å². The van der Waals surface area contributed by atoms with Crippen molar-refractivity contribution in [2.24, 2.45) is 0 Å². The summed E-state index contributed by atoms with van der Waals surface area (Å²) in [6, 6.07) is 8.03. The first-order valence-corrected chi connectivity index (χ1v) is 13.9. The molecule has 2 aromatic heterocycles. The molecule has 0 saturated heterocycles. The fourth-order valence-electron chi connectivity index (χ4n) is 4.04. The van der Waals surface area contributed by atoms with Crippen molar-refractivity contribution in [2.75, 3.05) is 21.3 Å². The number of aryl methyl sites for hydroxylation is 1. The van der Waals surface area contributed by atoms with Crippen LogP contribution in [0.3, 0.4) is 0 Å². The van der Waals surface area contributed by atoms with Crippen molar-refractivity contribution < 1.29 is 37.1 Å². The minimum absolute atomic E-state index is 0. The van der Waals surface area contributed by atoms with E-state index >= 15 is 0 Å². The number of methoxy groups -OCH3 is 3. The molecule has 0 fully saturated rings. The third-order valence-electron chi connectivity index (χ3n) is 5.95. The van der Waals surface area contributed by atoms with Gasteiger partial charge in [-0.1, -0.05) is 0 Å². The first-order chi connectivity index (χ1) is 18.0. The summed E-state index contributed by atoms with van der Waals surface area (Å²) in [7, 11) is -0.202. The van der Waals surface area contributed by atoms with Crippen LogP contribution in [-0.2, 0) is 27.0 Å². The van der Waals surface area contributed by atoms with Gasteiger partial charge < -0.3 is 23.9 Å². The summed E-state index contributed by atoms with van der Waals surface area (Å²) < 4.78 is 58.1. The van der Waals surface area contributed by atoms with E-state index < -0.39 is 27.2 Å². The molecule has 0 amide bonds. The molecule has 0 aliphatic rings. The van der Waals surface area contributed by atoms with Gasteiger partial charge in [0.05, 0.1) is 43.0 Å². The van der Waals surface area contributed by atoms with Crippen molar-refractivity contribution in [3.05, 3.63) is 65.0 Å². The number of carboxylic acids is 1. The Labute approximate surface area is 250 Å². The average molecular weight is 584 g/mol. The molecule has 2 heterocycles. The molecular formula is C25H26N3NaO8S2. The Hall–Kier alpha value is -2.81. The zero-order valence-electron chi connectivity index (χ0n) is 21.2. The molecule has 0 radical (unpaired) electrons. The molecule has 202 valence electrons.